The Morgan fingerprint density at radius 2 is 1.09 bits per heavy atom. The number of aryl methyl sites for hydroxylation is 1. The zero-order valence-electron chi connectivity index (χ0n) is 31.7. The van der Waals surface area contributed by atoms with Crippen LogP contribution in [0.5, 0.6) is 28.7 Å². The molecule has 0 aromatic heterocycles. The van der Waals surface area contributed by atoms with Crippen LogP contribution in [-0.2, 0) is 19.0 Å². The molecule has 10 nitrogen and oxygen atoms in total. The summed E-state index contributed by atoms with van der Waals surface area (Å²) in [5, 5.41) is 0. The summed E-state index contributed by atoms with van der Waals surface area (Å²) in [6.07, 6.45) is 10.4. The van der Waals surface area contributed by atoms with Gasteiger partial charge in [-0.3, -0.25) is 0 Å². The first-order chi connectivity index (χ1) is 26.9. The van der Waals surface area contributed by atoms with E-state index in [1.165, 1.54) is 12.3 Å². The Labute approximate surface area is 324 Å². The third-order valence-corrected chi connectivity index (χ3v) is 8.37. The number of esters is 2. The number of ether oxygens (including phenoxy) is 8. The van der Waals surface area contributed by atoms with Gasteiger partial charge in [-0.05, 0) is 135 Å². The van der Waals surface area contributed by atoms with Gasteiger partial charge in [0.25, 0.3) is 0 Å². The zero-order valence-corrected chi connectivity index (χ0v) is 31.7. The SMILES string of the molecule is C=COCOCCCCCCOc1ccc(OCOc2ccc(OC(=O)c3ccc(-c4ccc(OCCCCCCOC(=O)C=C)cc4)cc3)cc2C)cc1. The van der Waals surface area contributed by atoms with E-state index < -0.39 is 5.97 Å². The molecule has 0 heterocycles. The third kappa shape index (κ3) is 16.0. The Morgan fingerprint density at radius 3 is 1.67 bits per heavy atom. The van der Waals surface area contributed by atoms with Gasteiger partial charge in [-0.25, -0.2) is 9.59 Å². The van der Waals surface area contributed by atoms with Crippen molar-refractivity contribution in [2.45, 2.75) is 58.3 Å². The first-order valence-corrected chi connectivity index (χ1v) is 18.7. The van der Waals surface area contributed by atoms with E-state index in [2.05, 4.69) is 13.2 Å². The number of benzene rings is 4. The van der Waals surface area contributed by atoms with Crippen LogP contribution in [0.1, 0.15) is 67.3 Å². The highest BCUT2D eigenvalue weighted by molar-refractivity contribution is 5.91. The molecule has 292 valence electrons. The highest BCUT2D eigenvalue weighted by Gasteiger charge is 2.11. The van der Waals surface area contributed by atoms with Crippen molar-refractivity contribution >= 4 is 11.9 Å². The fourth-order valence-corrected chi connectivity index (χ4v) is 5.33. The van der Waals surface area contributed by atoms with Crippen molar-refractivity contribution in [2.75, 3.05) is 40.0 Å². The second kappa shape index (κ2) is 24.6. The predicted octanol–water partition coefficient (Wildman–Crippen LogP) is 10.0. The summed E-state index contributed by atoms with van der Waals surface area (Å²) in [5.41, 5.74) is 3.23. The van der Waals surface area contributed by atoms with Crippen LogP contribution in [0.25, 0.3) is 11.1 Å². The third-order valence-electron chi connectivity index (χ3n) is 8.37. The van der Waals surface area contributed by atoms with Crippen LogP contribution in [0, 0.1) is 6.92 Å². The second-order valence-electron chi connectivity index (χ2n) is 12.6. The highest BCUT2D eigenvalue weighted by atomic mass is 16.7. The number of hydrogen-bond donors (Lipinski definition) is 0. The molecule has 4 aromatic rings. The molecule has 0 aliphatic rings. The minimum Gasteiger partial charge on any atom is -0.494 e. The van der Waals surface area contributed by atoms with Gasteiger partial charge < -0.3 is 37.9 Å². The van der Waals surface area contributed by atoms with Crippen LogP contribution in [0.2, 0.25) is 0 Å². The molecule has 0 bridgehead atoms. The fourth-order valence-electron chi connectivity index (χ4n) is 5.33. The van der Waals surface area contributed by atoms with Crippen molar-refractivity contribution in [3.05, 3.63) is 128 Å². The zero-order chi connectivity index (χ0) is 38.9. The molecule has 0 atom stereocenters. The summed E-state index contributed by atoms with van der Waals surface area (Å²) in [5.74, 6) is 2.46. The van der Waals surface area contributed by atoms with Crippen LogP contribution in [0.15, 0.2) is 116 Å². The molecule has 0 saturated heterocycles. The van der Waals surface area contributed by atoms with Gasteiger partial charge in [0.1, 0.15) is 28.7 Å². The van der Waals surface area contributed by atoms with E-state index in [4.69, 9.17) is 37.9 Å². The van der Waals surface area contributed by atoms with Crippen LogP contribution in [0.3, 0.4) is 0 Å². The van der Waals surface area contributed by atoms with Crippen molar-refractivity contribution in [2.24, 2.45) is 0 Å². The Hall–Kier alpha value is -5.74. The lowest BCUT2D eigenvalue weighted by molar-refractivity contribution is -0.137. The van der Waals surface area contributed by atoms with E-state index >= 15 is 0 Å². The molecule has 0 saturated carbocycles. The first-order valence-electron chi connectivity index (χ1n) is 18.7. The molecular formula is C45H52O10. The lowest BCUT2D eigenvalue weighted by Crippen LogP contribution is -2.09. The summed E-state index contributed by atoms with van der Waals surface area (Å²) < 4.78 is 44.2. The van der Waals surface area contributed by atoms with Gasteiger partial charge in [0.15, 0.2) is 6.79 Å². The van der Waals surface area contributed by atoms with Gasteiger partial charge in [-0.2, -0.15) is 0 Å². The van der Waals surface area contributed by atoms with E-state index in [9.17, 15) is 9.59 Å². The Balaban J connectivity index is 1.11. The van der Waals surface area contributed by atoms with Crippen LogP contribution >= 0.6 is 0 Å². The number of rotatable bonds is 27. The molecule has 0 fully saturated rings. The Kier molecular flexibility index (Phi) is 18.8. The maximum absolute atomic E-state index is 12.9. The summed E-state index contributed by atoms with van der Waals surface area (Å²) in [6.45, 7) is 11.4. The smallest absolute Gasteiger partial charge is 0.343 e. The fraction of sp³-hybridized carbons (Fsp3) is 0.333. The minimum absolute atomic E-state index is 0.0188. The maximum Gasteiger partial charge on any atom is 0.343 e. The number of hydrogen-bond acceptors (Lipinski definition) is 10. The standard InChI is InChI=1S/C45H52O10/c1-4-44(46)52-31-13-9-8-12-29-50-39-20-18-37(19-21-39)36-14-16-38(17-15-36)45(47)55-42-26-27-43(35(3)32-42)54-34-53-41-24-22-40(23-25-41)51-30-11-7-6-10-28-49-33-48-5-2/h4-5,14-27,32H,1-2,6-13,28-31,33-34H2,3H3. The van der Waals surface area contributed by atoms with Crippen LogP contribution in [0.4, 0.5) is 0 Å². The first kappa shape index (κ1) is 42.0. The van der Waals surface area contributed by atoms with E-state index in [0.29, 0.717) is 49.2 Å². The van der Waals surface area contributed by atoms with E-state index in [1.54, 1.807) is 30.3 Å². The van der Waals surface area contributed by atoms with Gasteiger partial charge >= 0.3 is 11.9 Å². The minimum atomic E-state index is -0.451. The molecule has 0 N–H and O–H groups in total. The highest BCUT2D eigenvalue weighted by Crippen LogP contribution is 2.27. The van der Waals surface area contributed by atoms with Crippen molar-refractivity contribution in [3.8, 4) is 39.9 Å². The summed E-state index contributed by atoms with van der Waals surface area (Å²) in [4.78, 5) is 24.0. The normalized spacial score (nSPS) is 10.6. The second-order valence-corrected chi connectivity index (χ2v) is 12.6. The summed E-state index contributed by atoms with van der Waals surface area (Å²) in [7, 11) is 0. The molecule has 0 aliphatic heterocycles. The molecular weight excluding hydrogens is 700 g/mol. The lowest BCUT2D eigenvalue weighted by atomic mass is 10.0. The predicted molar refractivity (Wildman–Crippen MR) is 212 cm³/mol. The molecule has 4 aromatic carbocycles. The molecule has 0 spiro atoms. The largest absolute Gasteiger partial charge is 0.494 e. The average molecular weight is 753 g/mol. The van der Waals surface area contributed by atoms with E-state index in [-0.39, 0.29) is 19.6 Å². The van der Waals surface area contributed by atoms with Crippen LogP contribution in [-0.4, -0.2) is 52.0 Å². The average Bonchev–Trinajstić information content (AvgIpc) is 3.21. The number of carbonyl (C=O) groups is 2. The Bertz CT molecular complexity index is 1730. The summed E-state index contributed by atoms with van der Waals surface area (Å²) >= 11 is 0. The molecule has 4 rings (SSSR count). The van der Waals surface area contributed by atoms with Crippen LogP contribution < -0.4 is 23.7 Å². The maximum atomic E-state index is 12.9. The molecule has 0 unspecified atom stereocenters. The van der Waals surface area contributed by atoms with E-state index in [1.807, 2.05) is 67.6 Å². The Morgan fingerprint density at radius 1 is 0.564 bits per heavy atom. The molecule has 0 amide bonds. The van der Waals surface area contributed by atoms with Crippen molar-refractivity contribution in [1.82, 2.24) is 0 Å². The summed E-state index contributed by atoms with van der Waals surface area (Å²) in [6, 6.07) is 27.8. The van der Waals surface area contributed by atoms with Gasteiger partial charge in [0.2, 0.25) is 6.79 Å². The molecule has 55 heavy (non-hydrogen) atoms. The van der Waals surface area contributed by atoms with E-state index in [0.717, 1.165) is 79.6 Å². The topological polar surface area (TPSA) is 108 Å². The number of unbranched alkanes of at least 4 members (excludes halogenated alkanes) is 6. The van der Waals surface area contributed by atoms with Gasteiger partial charge in [-0.1, -0.05) is 43.8 Å². The van der Waals surface area contributed by atoms with Crippen molar-refractivity contribution in [1.29, 1.82) is 0 Å². The molecule has 0 radical (unpaired) electrons. The quantitative estimate of drug-likeness (QED) is 0.0146. The monoisotopic (exact) mass is 752 g/mol. The lowest BCUT2D eigenvalue weighted by Gasteiger charge is -2.12. The van der Waals surface area contributed by atoms with Gasteiger partial charge in [0.05, 0.1) is 38.3 Å². The van der Waals surface area contributed by atoms with Crippen molar-refractivity contribution in [3.63, 3.8) is 0 Å². The van der Waals surface area contributed by atoms with Gasteiger partial charge in [0, 0.05) is 6.08 Å². The molecule has 0 aliphatic carbocycles. The molecule has 10 heteroatoms. The van der Waals surface area contributed by atoms with Gasteiger partial charge in [-0.15, -0.1) is 0 Å². The number of carbonyl (C=O) groups excluding carboxylic acids is 2. The van der Waals surface area contributed by atoms with Crippen molar-refractivity contribution < 1.29 is 47.5 Å².